The molecule has 2 nitrogen and oxygen atoms in total. The highest BCUT2D eigenvalue weighted by atomic mass is 15.2. The lowest BCUT2D eigenvalue weighted by Crippen LogP contribution is -2.48. The molecule has 1 saturated carbocycles. The molecule has 0 aromatic rings. The molecule has 2 heteroatoms. The van der Waals surface area contributed by atoms with Crippen LogP contribution in [0.1, 0.15) is 65.7 Å². The first kappa shape index (κ1) is 15.3. The lowest BCUT2D eigenvalue weighted by Gasteiger charge is -2.41. The SMILES string of the molecule is CCC1CCCC(N2CCC(CC)NCC(C)C2)C1. The number of hydrogen-bond acceptors (Lipinski definition) is 2. The highest BCUT2D eigenvalue weighted by molar-refractivity contribution is 4.84. The summed E-state index contributed by atoms with van der Waals surface area (Å²) in [5.41, 5.74) is 0. The van der Waals surface area contributed by atoms with E-state index in [1.165, 1.54) is 64.6 Å². The van der Waals surface area contributed by atoms with Crippen LogP contribution >= 0.6 is 0 Å². The van der Waals surface area contributed by atoms with Crippen molar-refractivity contribution in [1.29, 1.82) is 0 Å². The second-order valence-electron chi connectivity index (χ2n) is 7.00. The van der Waals surface area contributed by atoms with Gasteiger partial charge in [-0.15, -0.1) is 0 Å². The second kappa shape index (κ2) is 7.64. The van der Waals surface area contributed by atoms with Gasteiger partial charge < -0.3 is 10.2 Å². The van der Waals surface area contributed by atoms with Crippen molar-refractivity contribution in [1.82, 2.24) is 10.2 Å². The Hall–Kier alpha value is -0.0800. The minimum absolute atomic E-state index is 0.746. The summed E-state index contributed by atoms with van der Waals surface area (Å²) in [7, 11) is 0. The van der Waals surface area contributed by atoms with Gasteiger partial charge in [-0.25, -0.2) is 0 Å². The predicted octanol–water partition coefficient (Wildman–Crippen LogP) is 3.67. The van der Waals surface area contributed by atoms with Crippen molar-refractivity contribution in [3.8, 4) is 0 Å². The van der Waals surface area contributed by atoms with E-state index in [4.69, 9.17) is 0 Å². The smallest absolute Gasteiger partial charge is 0.00980 e. The molecule has 0 aromatic carbocycles. The molecule has 112 valence electrons. The third kappa shape index (κ3) is 4.46. The average Bonchev–Trinajstić information content (AvgIpc) is 2.43. The lowest BCUT2D eigenvalue weighted by molar-refractivity contribution is 0.0975. The topological polar surface area (TPSA) is 15.3 Å². The Morgan fingerprint density at radius 2 is 1.95 bits per heavy atom. The highest BCUT2D eigenvalue weighted by Gasteiger charge is 2.28. The maximum absolute atomic E-state index is 3.74. The van der Waals surface area contributed by atoms with Gasteiger partial charge in [0.1, 0.15) is 0 Å². The average molecular weight is 266 g/mol. The molecule has 0 radical (unpaired) electrons. The first-order chi connectivity index (χ1) is 9.22. The van der Waals surface area contributed by atoms with Crippen LogP contribution in [-0.4, -0.2) is 36.6 Å². The maximum Gasteiger partial charge on any atom is 0.00980 e. The van der Waals surface area contributed by atoms with Gasteiger partial charge in [0, 0.05) is 18.6 Å². The molecule has 0 amide bonds. The van der Waals surface area contributed by atoms with Crippen LogP contribution in [0.2, 0.25) is 0 Å². The summed E-state index contributed by atoms with van der Waals surface area (Å²) in [6.07, 6.45) is 9.87. The molecule has 2 fully saturated rings. The summed E-state index contributed by atoms with van der Waals surface area (Å²) >= 11 is 0. The number of hydrogen-bond donors (Lipinski definition) is 1. The normalized spacial score (nSPS) is 38.7. The highest BCUT2D eigenvalue weighted by Crippen LogP contribution is 2.30. The van der Waals surface area contributed by atoms with Crippen LogP contribution in [0.25, 0.3) is 0 Å². The van der Waals surface area contributed by atoms with Gasteiger partial charge in [-0.3, -0.25) is 0 Å². The molecule has 0 spiro atoms. The van der Waals surface area contributed by atoms with Crippen molar-refractivity contribution in [3.05, 3.63) is 0 Å². The zero-order valence-corrected chi connectivity index (χ0v) is 13.3. The van der Waals surface area contributed by atoms with E-state index in [-0.39, 0.29) is 0 Å². The van der Waals surface area contributed by atoms with Gasteiger partial charge in [-0.2, -0.15) is 0 Å². The molecule has 1 aliphatic carbocycles. The third-order valence-corrected chi connectivity index (χ3v) is 5.41. The van der Waals surface area contributed by atoms with E-state index >= 15 is 0 Å². The van der Waals surface area contributed by atoms with Crippen LogP contribution in [0.4, 0.5) is 0 Å². The van der Waals surface area contributed by atoms with E-state index in [9.17, 15) is 0 Å². The number of rotatable bonds is 3. The standard InChI is InChI=1S/C17H34N2/c1-4-15-7-6-8-17(11-15)19-10-9-16(5-2)18-12-14(3)13-19/h14-18H,4-13H2,1-3H3. The molecule has 19 heavy (non-hydrogen) atoms. The summed E-state index contributed by atoms with van der Waals surface area (Å²) in [5, 5.41) is 3.74. The molecule has 1 N–H and O–H groups in total. The summed E-state index contributed by atoms with van der Waals surface area (Å²) in [5.74, 6) is 1.80. The van der Waals surface area contributed by atoms with E-state index in [0.717, 1.165) is 23.9 Å². The van der Waals surface area contributed by atoms with Gasteiger partial charge in [-0.05, 0) is 50.6 Å². The molecule has 0 aromatic heterocycles. The summed E-state index contributed by atoms with van der Waals surface area (Å²) < 4.78 is 0. The first-order valence-electron chi connectivity index (χ1n) is 8.70. The fraction of sp³-hybridized carbons (Fsp3) is 1.00. The minimum Gasteiger partial charge on any atom is -0.314 e. The van der Waals surface area contributed by atoms with Gasteiger partial charge in [0.05, 0.1) is 0 Å². The number of nitrogens with zero attached hydrogens (tertiary/aromatic N) is 1. The van der Waals surface area contributed by atoms with Crippen molar-refractivity contribution >= 4 is 0 Å². The Balaban J connectivity index is 1.92. The van der Waals surface area contributed by atoms with E-state index in [1.807, 2.05) is 0 Å². The Bertz CT molecular complexity index is 254. The molecule has 2 rings (SSSR count). The van der Waals surface area contributed by atoms with Crippen LogP contribution in [0.15, 0.2) is 0 Å². The summed E-state index contributed by atoms with van der Waals surface area (Å²) in [6.45, 7) is 10.9. The Morgan fingerprint density at radius 3 is 2.68 bits per heavy atom. The first-order valence-corrected chi connectivity index (χ1v) is 8.70. The summed E-state index contributed by atoms with van der Waals surface area (Å²) in [6, 6.07) is 1.63. The summed E-state index contributed by atoms with van der Waals surface area (Å²) in [4.78, 5) is 2.84. The molecule has 4 atom stereocenters. The fourth-order valence-corrected chi connectivity index (χ4v) is 3.99. The molecule has 0 bridgehead atoms. The lowest BCUT2D eigenvalue weighted by atomic mass is 9.83. The third-order valence-electron chi connectivity index (χ3n) is 5.41. The van der Waals surface area contributed by atoms with E-state index < -0.39 is 0 Å². The Labute approximate surface area is 120 Å². The van der Waals surface area contributed by atoms with Crippen LogP contribution in [-0.2, 0) is 0 Å². The molecule has 2 aliphatic rings. The Morgan fingerprint density at radius 1 is 1.11 bits per heavy atom. The largest absolute Gasteiger partial charge is 0.314 e. The monoisotopic (exact) mass is 266 g/mol. The maximum atomic E-state index is 3.74. The van der Waals surface area contributed by atoms with Gasteiger partial charge in [-0.1, -0.05) is 40.0 Å². The zero-order valence-electron chi connectivity index (χ0n) is 13.3. The Kier molecular flexibility index (Phi) is 6.15. The van der Waals surface area contributed by atoms with Crippen LogP contribution in [0, 0.1) is 11.8 Å². The molecule has 4 unspecified atom stereocenters. The fourth-order valence-electron chi connectivity index (χ4n) is 3.99. The quantitative estimate of drug-likeness (QED) is 0.838. The van der Waals surface area contributed by atoms with Crippen LogP contribution in [0.3, 0.4) is 0 Å². The molecular weight excluding hydrogens is 232 g/mol. The van der Waals surface area contributed by atoms with E-state index in [2.05, 4.69) is 31.0 Å². The zero-order chi connectivity index (χ0) is 13.7. The predicted molar refractivity (Wildman–Crippen MR) is 83.5 cm³/mol. The van der Waals surface area contributed by atoms with Crippen molar-refractivity contribution in [2.75, 3.05) is 19.6 Å². The molecular formula is C17H34N2. The number of nitrogens with one attached hydrogen (secondary N) is 1. The van der Waals surface area contributed by atoms with Crippen molar-refractivity contribution < 1.29 is 0 Å². The molecule has 1 aliphatic heterocycles. The van der Waals surface area contributed by atoms with Crippen molar-refractivity contribution in [3.63, 3.8) is 0 Å². The van der Waals surface area contributed by atoms with Gasteiger partial charge in [0.2, 0.25) is 0 Å². The van der Waals surface area contributed by atoms with Crippen LogP contribution < -0.4 is 5.32 Å². The second-order valence-corrected chi connectivity index (χ2v) is 7.00. The van der Waals surface area contributed by atoms with E-state index in [0.29, 0.717) is 0 Å². The van der Waals surface area contributed by atoms with E-state index in [1.54, 1.807) is 0 Å². The van der Waals surface area contributed by atoms with Crippen molar-refractivity contribution in [2.45, 2.75) is 77.8 Å². The van der Waals surface area contributed by atoms with Gasteiger partial charge in [0.25, 0.3) is 0 Å². The molecule has 1 saturated heterocycles. The van der Waals surface area contributed by atoms with Crippen molar-refractivity contribution in [2.24, 2.45) is 11.8 Å². The minimum atomic E-state index is 0.746. The van der Waals surface area contributed by atoms with Gasteiger partial charge >= 0.3 is 0 Å². The van der Waals surface area contributed by atoms with Gasteiger partial charge in [0.15, 0.2) is 0 Å². The molecule has 1 heterocycles. The van der Waals surface area contributed by atoms with Crippen LogP contribution in [0.5, 0.6) is 0 Å².